The average Bonchev–Trinajstić information content (AvgIpc) is 2.72. The van der Waals surface area contributed by atoms with Gasteiger partial charge in [0.05, 0.1) is 19.2 Å². The summed E-state index contributed by atoms with van der Waals surface area (Å²) in [5, 5.41) is 2.96. The fourth-order valence-electron chi connectivity index (χ4n) is 1.56. The van der Waals surface area contributed by atoms with Crippen molar-refractivity contribution in [1.29, 1.82) is 0 Å². The third-order valence-electron chi connectivity index (χ3n) is 2.57. The van der Waals surface area contributed by atoms with E-state index in [4.69, 9.17) is 17.3 Å². The monoisotopic (exact) mass is 372 g/mol. The third-order valence-corrected chi connectivity index (χ3v) is 5.04. The van der Waals surface area contributed by atoms with Crippen LogP contribution >= 0.6 is 38.9 Å². The normalized spacial score (nSPS) is 10.3. The fourth-order valence-corrected chi connectivity index (χ4v) is 3.20. The van der Waals surface area contributed by atoms with Gasteiger partial charge in [0.15, 0.2) is 0 Å². The topological polar surface area (TPSA) is 72.2 Å². The van der Waals surface area contributed by atoms with Crippen LogP contribution < -0.4 is 11.1 Å². The number of nitrogens with one attached hydrogen (secondary N) is 1. The van der Waals surface area contributed by atoms with Crippen LogP contribution in [0.15, 0.2) is 28.1 Å². The van der Waals surface area contributed by atoms with Gasteiger partial charge < -0.3 is 11.1 Å². The van der Waals surface area contributed by atoms with Crippen molar-refractivity contribution >= 4 is 56.4 Å². The van der Waals surface area contributed by atoms with Gasteiger partial charge in [-0.1, -0.05) is 11.6 Å². The van der Waals surface area contributed by atoms with Crippen molar-refractivity contribution in [3.8, 4) is 0 Å². The molecule has 2 amide bonds. The molecule has 4 nitrogen and oxygen atoms in total. The van der Waals surface area contributed by atoms with Crippen molar-refractivity contribution in [3.63, 3.8) is 0 Å². The van der Waals surface area contributed by atoms with Gasteiger partial charge in [-0.15, -0.1) is 11.3 Å². The number of primary amides is 1. The molecule has 0 bridgehead atoms. The number of rotatable bonds is 3. The number of hydrogen-bond donors (Lipinski definition) is 2. The predicted octanol–water partition coefficient (Wildman–Crippen LogP) is 3.82. The summed E-state index contributed by atoms with van der Waals surface area (Å²) < 4.78 is 0.914. The van der Waals surface area contributed by atoms with E-state index in [1.165, 1.54) is 23.5 Å². The van der Waals surface area contributed by atoms with Crippen LogP contribution in [0.2, 0.25) is 5.02 Å². The lowest BCUT2D eigenvalue weighted by Gasteiger charge is -2.06. The molecule has 2 rings (SSSR count). The highest BCUT2D eigenvalue weighted by molar-refractivity contribution is 9.11. The van der Waals surface area contributed by atoms with Crippen molar-refractivity contribution in [2.75, 3.05) is 5.32 Å². The van der Waals surface area contributed by atoms with Crippen LogP contribution in [0.4, 0.5) is 5.69 Å². The van der Waals surface area contributed by atoms with E-state index in [2.05, 4.69) is 21.2 Å². The number of thiophene rings is 1. The van der Waals surface area contributed by atoms with E-state index in [-0.39, 0.29) is 16.5 Å². The molecular formula is C13H10BrClN2O2S. The number of benzene rings is 1. The summed E-state index contributed by atoms with van der Waals surface area (Å²) in [6.07, 6.45) is 0. The zero-order valence-electron chi connectivity index (χ0n) is 10.4. The molecule has 0 radical (unpaired) electrons. The Bertz CT molecular complexity index is 680. The largest absolute Gasteiger partial charge is 0.366 e. The van der Waals surface area contributed by atoms with Crippen LogP contribution in [0.25, 0.3) is 0 Å². The third kappa shape index (κ3) is 3.20. The summed E-state index contributed by atoms with van der Waals surface area (Å²) in [6, 6.07) is 6.38. The molecule has 0 unspecified atom stereocenters. The molecule has 1 aromatic carbocycles. The van der Waals surface area contributed by atoms with Gasteiger partial charge in [-0.25, -0.2) is 0 Å². The van der Waals surface area contributed by atoms with Gasteiger partial charge in [0.1, 0.15) is 0 Å². The molecule has 3 N–H and O–H groups in total. The highest BCUT2D eigenvalue weighted by Gasteiger charge is 2.13. The van der Waals surface area contributed by atoms with Crippen LogP contribution in [0.3, 0.4) is 0 Å². The lowest BCUT2D eigenvalue weighted by Crippen LogP contribution is -2.14. The van der Waals surface area contributed by atoms with E-state index in [1.807, 2.05) is 6.92 Å². The lowest BCUT2D eigenvalue weighted by atomic mass is 10.2. The van der Waals surface area contributed by atoms with E-state index in [1.54, 1.807) is 12.1 Å². The van der Waals surface area contributed by atoms with Crippen molar-refractivity contribution in [1.82, 2.24) is 0 Å². The molecule has 0 saturated carbocycles. The Balaban J connectivity index is 2.24. The lowest BCUT2D eigenvalue weighted by molar-refractivity contribution is 0.0996. The second-order valence-electron chi connectivity index (χ2n) is 4.08. The molecule has 2 aromatic rings. The summed E-state index contributed by atoms with van der Waals surface area (Å²) in [6.45, 7) is 1.91. The molecule has 1 aromatic heterocycles. The van der Waals surface area contributed by atoms with Crippen LogP contribution in [-0.2, 0) is 0 Å². The minimum atomic E-state index is -0.638. The molecule has 7 heteroatoms. The van der Waals surface area contributed by atoms with Gasteiger partial charge >= 0.3 is 0 Å². The van der Waals surface area contributed by atoms with E-state index in [0.29, 0.717) is 10.6 Å². The number of carbonyl (C=O) groups is 2. The Kier molecular flexibility index (Phi) is 4.47. The summed E-state index contributed by atoms with van der Waals surface area (Å²) in [5.74, 6) is -0.887. The highest BCUT2D eigenvalue weighted by atomic mass is 79.9. The van der Waals surface area contributed by atoms with Crippen LogP contribution in [-0.4, -0.2) is 11.8 Å². The summed E-state index contributed by atoms with van der Waals surface area (Å²) in [4.78, 5) is 23.8. The Morgan fingerprint density at radius 1 is 1.35 bits per heavy atom. The quantitative estimate of drug-likeness (QED) is 0.858. The van der Waals surface area contributed by atoms with Crippen molar-refractivity contribution < 1.29 is 9.59 Å². The first kappa shape index (κ1) is 15.0. The first-order valence-corrected chi connectivity index (χ1v) is 7.54. The maximum atomic E-state index is 12.1. The zero-order chi connectivity index (χ0) is 14.9. The molecule has 0 aliphatic heterocycles. The molecule has 0 saturated heterocycles. The van der Waals surface area contributed by atoms with Crippen LogP contribution in [0, 0.1) is 6.92 Å². The number of hydrogen-bond acceptors (Lipinski definition) is 3. The van der Waals surface area contributed by atoms with Crippen molar-refractivity contribution in [2.45, 2.75) is 6.92 Å². The zero-order valence-corrected chi connectivity index (χ0v) is 13.5. The number of carbonyl (C=O) groups excluding carboxylic acids is 2. The minimum Gasteiger partial charge on any atom is -0.366 e. The fraction of sp³-hybridized carbons (Fsp3) is 0.0769. The first-order chi connectivity index (χ1) is 9.38. The molecule has 0 fully saturated rings. The van der Waals surface area contributed by atoms with E-state index < -0.39 is 5.91 Å². The molecule has 20 heavy (non-hydrogen) atoms. The molecule has 0 spiro atoms. The van der Waals surface area contributed by atoms with Gasteiger partial charge in [0, 0.05) is 5.69 Å². The Labute approximate surface area is 133 Å². The summed E-state index contributed by atoms with van der Waals surface area (Å²) in [7, 11) is 0. The van der Waals surface area contributed by atoms with E-state index in [0.717, 1.165) is 9.35 Å². The average molecular weight is 374 g/mol. The molecule has 104 valence electrons. The number of anilines is 1. The van der Waals surface area contributed by atoms with E-state index >= 15 is 0 Å². The van der Waals surface area contributed by atoms with Crippen molar-refractivity contribution in [2.24, 2.45) is 5.73 Å². The second-order valence-corrected chi connectivity index (χ2v) is 6.86. The van der Waals surface area contributed by atoms with Gasteiger partial charge in [-0.05, 0) is 52.7 Å². The molecular weight excluding hydrogens is 364 g/mol. The van der Waals surface area contributed by atoms with Gasteiger partial charge in [0.2, 0.25) is 5.91 Å². The Morgan fingerprint density at radius 3 is 2.60 bits per heavy atom. The van der Waals surface area contributed by atoms with Crippen LogP contribution in [0.1, 0.15) is 25.6 Å². The molecule has 0 atom stereocenters. The number of amides is 2. The highest BCUT2D eigenvalue weighted by Crippen LogP contribution is 2.28. The molecule has 0 aliphatic rings. The minimum absolute atomic E-state index is 0.174. The van der Waals surface area contributed by atoms with Gasteiger partial charge in [-0.3, -0.25) is 9.59 Å². The Hall–Kier alpha value is -1.37. The van der Waals surface area contributed by atoms with Gasteiger partial charge in [-0.2, -0.15) is 0 Å². The maximum Gasteiger partial charge on any atom is 0.265 e. The number of aryl methyl sites for hydroxylation is 1. The van der Waals surface area contributed by atoms with Crippen molar-refractivity contribution in [3.05, 3.63) is 49.1 Å². The summed E-state index contributed by atoms with van der Waals surface area (Å²) in [5.41, 5.74) is 6.84. The van der Waals surface area contributed by atoms with E-state index in [9.17, 15) is 9.59 Å². The molecule has 0 aliphatic carbocycles. The van der Waals surface area contributed by atoms with Crippen LogP contribution in [0.5, 0.6) is 0 Å². The maximum absolute atomic E-state index is 12.1. The summed E-state index contributed by atoms with van der Waals surface area (Å²) >= 11 is 10.6. The smallest absolute Gasteiger partial charge is 0.265 e. The number of nitrogens with two attached hydrogens (primary N) is 1. The predicted molar refractivity (Wildman–Crippen MR) is 84.7 cm³/mol. The SMILES string of the molecule is Cc1cc(C(=O)Nc2ccc(Cl)c(C(N)=O)c2)sc1Br. The van der Waals surface area contributed by atoms with Gasteiger partial charge in [0.25, 0.3) is 5.91 Å². The molecule has 1 heterocycles. The number of halogens is 2. The first-order valence-electron chi connectivity index (χ1n) is 5.55. The Morgan fingerprint density at radius 2 is 2.05 bits per heavy atom. The standard InChI is InChI=1S/C13H10BrClN2O2S/c1-6-4-10(20-11(6)14)13(19)17-7-2-3-9(15)8(5-7)12(16)18/h2-5H,1H3,(H2,16,18)(H,17,19). The second kappa shape index (κ2) is 5.95.